The van der Waals surface area contributed by atoms with Gasteiger partial charge in [0.15, 0.2) is 0 Å². The predicted molar refractivity (Wildman–Crippen MR) is 57.9 cm³/mol. The van der Waals surface area contributed by atoms with E-state index in [1.807, 2.05) is 13.8 Å². The Hall–Kier alpha value is -0.415. The summed E-state index contributed by atoms with van der Waals surface area (Å²) >= 11 is 0. The Morgan fingerprint density at radius 1 is 1.29 bits per heavy atom. The zero-order chi connectivity index (χ0) is 11.0. The van der Waals surface area contributed by atoms with E-state index >= 15 is 0 Å². The molecule has 0 fully saturated rings. The summed E-state index contributed by atoms with van der Waals surface area (Å²) < 4.78 is 0. The van der Waals surface area contributed by atoms with Crippen LogP contribution in [-0.2, 0) is 0 Å². The smallest absolute Gasteiger partial charge is 0.427 e. The van der Waals surface area contributed by atoms with Crippen molar-refractivity contribution in [3.8, 4) is 0 Å². The van der Waals surface area contributed by atoms with E-state index in [9.17, 15) is 4.91 Å². The molecule has 5 heteroatoms. The second kappa shape index (κ2) is 7.94. The van der Waals surface area contributed by atoms with Crippen LogP contribution in [0.3, 0.4) is 0 Å². The lowest BCUT2D eigenvalue weighted by molar-refractivity contribution is 0.357. The average molecular weight is 201 g/mol. The molecule has 2 N–H and O–H groups in total. The normalized spacial score (nSPS) is 14.9. The first kappa shape index (κ1) is 13.6. The summed E-state index contributed by atoms with van der Waals surface area (Å²) in [6.07, 6.45) is 3.65. The summed E-state index contributed by atoms with van der Waals surface area (Å²) in [5.74, 6) is 0.288. The molecule has 0 aromatic carbocycles. The van der Waals surface area contributed by atoms with Crippen LogP contribution in [0, 0.1) is 10.8 Å². The van der Waals surface area contributed by atoms with Crippen LogP contribution in [0.25, 0.3) is 0 Å². The van der Waals surface area contributed by atoms with Crippen molar-refractivity contribution in [1.29, 1.82) is 0 Å². The molecule has 82 valence electrons. The standard InChI is InChI=1S/C9H20BNO3/c1-3-8(9(4-2)11-14)6-5-7-10(12)13/h8-9,12-13H,3-7H2,1-2H3/t8-,9?/m1/s1. The van der Waals surface area contributed by atoms with Crippen LogP contribution in [-0.4, -0.2) is 23.2 Å². The van der Waals surface area contributed by atoms with Crippen LogP contribution in [0.5, 0.6) is 0 Å². The molecule has 14 heavy (non-hydrogen) atoms. The third-order valence-corrected chi connectivity index (χ3v) is 2.66. The molecule has 0 aromatic heterocycles. The van der Waals surface area contributed by atoms with E-state index in [-0.39, 0.29) is 12.0 Å². The molecular formula is C9H20BNO3. The van der Waals surface area contributed by atoms with Crippen molar-refractivity contribution in [3.05, 3.63) is 4.91 Å². The molecule has 0 bridgehead atoms. The van der Waals surface area contributed by atoms with Gasteiger partial charge in [0.1, 0.15) is 0 Å². The maximum absolute atomic E-state index is 10.5. The lowest BCUT2D eigenvalue weighted by atomic mass is 9.80. The minimum Gasteiger partial charge on any atom is -0.427 e. The first-order valence-electron chi connectivity index (χ1n) is 5.34. The molecule has 0 saturated heterocycles. The number of nitrogens with zero attached hydrogens (tertiary/aromatic N) is 1. The van der Waals surface area contributed by atoms with Gasteiger partial charge in [0.25, 0.3) is 0 Å². The van der Waals surface area contributed by atoms with E-state index < -0.39 is 7.12 Å². The second-order valence-electron chi connectivity index (χ2n) is 3.66. The lowest BCUT2D eigenvalue weighted by Crippen LogP contribution is -2.18. The van der Waals surface area contributed by atoms with Gasteiger partial charge in [-0.05, 0) is 25.1 Å². The van der Waals surface area contributed by atoms with Crippen LogP contribution < -0.4 is 0 Å². The number of hydrogen-bond acceptors (Lipinski definition) is 4. The maximum Gasteiger partial charge on any atom is 0.451 e. The van der Waals surface area contributed by atoms with Crippen molar-refractivity contribution in [1.82, 2.24) is 0 Å². The summed E-state index contributed by atoms with van der Waals surface area (Å²) in [6.45, 7) is 3.99. The van der Waals surface area contributed by atoms with E-state index in [0.29, 0.717) is 6.32 Å². The number of hydrogen-bond donors (Lipinski definition) is 2. The third-order valence-electron chi connectivity index (χ3n) is 2.66. The molecule has 0 aliphatic rings. The van der Waals surface area contributed by atoms with Gasteiger partial charge in [-0.3, -0.25) is 0 Å². The Bertz CT molecular complexity index is 155. The molecule has 0 radical (unpaired) electrons. The van der Waals surface area contributed by atoms with Gasteiger partial charge >= 0.3 is 7.12 Å². The summed E-state index contributed by atoms with van der Waals surface area (Å²) in [7, 11) is -1.23. The molecule has 0 spiro atoms. The quantitative estimate of drug-likeness (QED) is 0.464. The zero-order valence-corrected chi connectivity index (χ0v) is 9.02. The van der Waals surface area contributed by atoms with Gasteiger partial charge in [0.05, 0.1) is 6.04 Å². The topological polar surface area (TPSA) is 69.9 Å². The Balaban J connectivity index is 3.82. The van der Waals surface area contributed by atoms with Crippen molar-refractivity contribution in [2.75, 3.05) is 0 Å². The Kier molecular flexibility index (Phi) is 7.70. The monoisotopic (exact) mass is 201 g/mol. The zero-order valence-electron chi connectivity index (χ0n) is 9.02. The summed E-state index contributed by atoms with van der Waals surface area (Å²) in [5, 5.41) is 20.4. The SMILES string of the molecule is CCC(N=O)[C@H](CC)CCCB(O)O. The highest BCUT2D eigenvalue weighted by Crippen LogP contribution is 2.21. The molecule has 0 aliphatic carbocycles. The van der Waals surface area contributed by atoms with E-state index in [4.69, 9.17) is 10.0 Å². The molecule has 0 aliphatic heterocycles. The van der Waals surface area contributed by atoms with Gasteiger partial charge in [-0.25, -0.2) is 0 Å². The summed E-state index contributed by atoms with van der Waals surface area (Å²) in [4.78, 5) is 10.5. The molecule has 0 saturated carbocycles. The molecule has 4 nitrogen and oxygen atoms in total. The van der Waals surface area contributed by atoms with Gasteiger partial charge < -0.3 is 10.0 Å². The molecule has 0 aromatic rings. The lowest BCUT2D eigenvalue weighted by Gasteiger charge is -2.18. The molecule has 0 heterocycles. The fourth-order valence-electron chi connectivity index (χ4n) is 1.73. The molecule has 2 atom stereocenters. The Labute approximate surface area is 85.8 Å². The predicted octanol–water partition coefficient (Wildman–Crippen LogP) is 1.81. The van der Waals surface area contributed by atoms with Crippen LogP contribution in [0.2, 0.25) is 6.32 Å². The van der Waals surface area contributed by atoms with Crippen molar-refractivity contribution in [2.45, 2.75) is 51.9 Å². The van der Waals surface area contributed by atoms with Gasteiger partial charge in [-0.15, -0.1) is 0 Å². The number of nitroso groups, excluding NO2 is 1. The highest BCUT2D eigenvalue weighted by molar-refractivity contribution is 6.40. The largest absolute Gasteiger partial charge is 0.451 e. The molecule has 1 unspecified atom stereocenters. The van der Waals surface area contributed by atoms with Crippen LogP contribution >= 0.6 is 0 Å². The van der Waals surface area contributed by atoms with Gasteiger partial charge in [-0.1, -0.05) is 31.9 Å². The maximum atomic E-state index is 10.5. The first-order valence-corrected chi connectivity index (χ1v) is 5.34. The highest BCUT2D eigenvalue weighted by Gasteiger charge is 2.19. The Morgan fingerprint density at radius 2 is 1.93 bits per heavy atom. The van der Waals surface area contributed by atoms with Crippen molar-refractivity contribution in [2.24, 2.45) is 11.1 Å². The second-order valence-corrected chi connectivity index (χ2v) is 3.66. The van der Waals surface area contributed by atoms with Crippen molar-refractivity contribution < 1.29 is 10.0 Å². The molecule has 0 rings (SSSR count). The third kappa shape index (κ3) is 5.34. The van der Waals surface area contributed by atoms with Crippen LogP contribution in [0.1, 0.15) is 39.5 Å². The van der Waals surface area contributed by atoms with E-state index in [2.05, 4.69) is 5.18 Å². The van der Waals surface area contributed by atoms with Crippen molar-refractivity contribution in [3.63, 3.8) is 0 Å². The van der Waals surface area contributed by atoms with E-state index in [0.717, 1.165) is 25.7 Å². The highest BCUT2D eigenvalue weighted by atomic mass is 16.4. The molecule has 0 amide bonds. The summed E-state index contributed by atoms with van der Waals surface area (Å²) in [5.41, 5.74) is 0. The van der Waals surface area contributed by atoms with E-state index in [1.165, 1.54) is 0 Å². The summed E-state index contributed by atoms with van der Waals surface area (Å²) in [6, 6.07) is -0.115. The first-order chi connectivity index (χ1) is 6.65. The van der Waals surface area contributed by atoms with Gasteiger partial charge in [0.2, 0.25) is 0 Å². The van der Waals surface area contributed by atoms with Gasteiger partial charge in [0, 0.05) is 0 Å². The number of rotatable bonds is 8. The van der Waals surface area contributed by atoms with Crippen molar-refractivity contribution >= 4 is 7.12 Å². The Morgan fingerprint density at radius 3 is 2.29 bits per heavy atom. The average Bonchev–Trinajstić information content (AvgIpc) is 2.16. The van der Waals surface area contributed by atoms with Crippen LogP contribution in [0.15, 0.2) is 5.18 Å². The van der Waals surface area contributed by atoms with E-state index in [1.54, 1.807) is 0 Å². The van der Waals surface area contributed by atoms with Gasteiger partial charge in [-0.2, -0.15) is 4.91 Å². The minimum absolute atomic E-state index is 0.115. The minimum atomic E-state index is -1.23. The fourth-order valence-corrected chi connectivity index (χ4v) is 1.73. The molecular weight excluding hydrogens is 181 g/mol. The fraction of sp³-hybridized carbons (Fsp3) is 1.00. The van der Waals surface area contributed by atoms with Crippen LogP contribution in [0.4, 0.5) is 0 Å².